The van der Waals surface area contributed by atoms with Crippen LogP contribution >= 0.6 is 0 Å². The maximum atomic E-state index is 12.2. The molecule has 1 fully saturated rings. The quantitative estimate of drug-likeness (QED) is 0.891. The van der Waals surface area contributed by atoms with Gasteiger partial charge in [-0.05, 0) is 51.1 Å². The Morgan fingerprint density at radius 2 is 2.04 bits per heavy atom. The van der Waals surface area contributed by atoms with Crippen molar-refractivity contribution in [2.75, 3.05) is 33.4 Å². The number of carbonyl (C=O) groups is 1. The van der Waals surface area contributed by atoms with Gasteiger partial charge in [0.05, 0.1) is 19.3 Å². The Morgan fingerprint density at radius 1 is 1.25 bits per heavy atom. The van der Waals surface area contributed by atoms with Crippen molar-refractivity contribution in [2.45, 2.75) is 38.3 Å². The van der Waals surface area contributed by atoms with E-state index in [1.807, 2.05) is 25.1 Å². The van der Waals surface area contributed by atoms with Gasteiger partial charge in [-0.2, -0.15) is 0 Å². The van der Waals surface area contributed by atoms with Gasteiger partial charge >= 0.3 is 6.03 Å². The van der Waals surface area contributed by atoms with Gasteiger partial charge in [0, 0.05) is 19.0 Å². The molecule has 1 saturated heterocycles. The van der Waals surface area contributed by atoms with E-state index in [2.05, 4.69) is 22.6 Å². The number of hydrogen-bond donors (Lipinski definition) is 2. The lowest BCUT2D eigenvalue weighted by Crippen LogP contribution is -2.49. The van der Waals surface area contributed by atoms with Crippen LogP contribution in [0.2, 0.25) is 0 Å². The Hall–Kier alpha value is -1.95. The first-order valence-electron chi connectivity index (χ1n) is 8.77. The molecule has 2 atom stereocenters. The number of fused-ring (bicyclic) bond motifs is 1. The van der Waals surface area contributed by atoms with Gasteiger partial charge in [-0.1, -0.05) is 6.07 Å². The fourth-order valence-electron chi connectivity index (χ4n) is 3.24. The SMILES string of the molecule is C[C@H](NC(=O)N[C@@H]1CCCN(C)C1)c1ccc2c(c1)OCCCO2. The zero-order valence-corrected chi connectivity index (χ0v) is 14.5. The first-order valence-corrected chi connectivity index (χ1v) is 8.77. The Balaban J connectivity index is 1.57. The van der Waals surface area contributed by atoms with Crippen molar-refractivity contribution in [3.8, 4) is 11.5 Å². The highest BCUT2D eigenvalue weighted by molar-refractivity contribution is 5.74. The van der Waals surface area contributed by atoms with Gasteiger partial charge in [-0.15, -0.1) is 0 Å². The van der Waals surface area contributed by atoms with Crippen LogP contribution in [0.15, 0.2) is 18.2 Å². The highest BCUT2D eigenvalue weighted by Crippen LogP contribution is 2.32. The first-order chi connectivity index (χ1) is 11.6. The largest absolute Gasteiger partial charge is 0.490 e. The molecule has 0 aromatic heterocycles. The van der Waals surface area contributed by atoms with Crippen LogP contribution in [0.3, 0.4) is 0 Å². The number of piperidine rings is 1. The average Bonchev–Trinajstić information content (AvgIpc) is 2.79. The van der Waals surface area contributed by atoms with E-state index in [0.717, 1.165) is 49.4 Å². The summed E-state index contributed by atoms with van der Waals surface area (Å²) in [6.07, 6.45) is 3.05. The summed E-state index contributed by atoms with van der Waals surface area (Å²) in [4.78, 5) is 14.5. The van der Waals surface area contributed by atoms with E-state index < -0.39 is 0 Å². The predicted octanol–water partition coefficient (Wildman–Crippen LogP) is 2.30. The van der Waals surface area contributed by atoms with Crippen LogP contribution in [0.4, 0.5) is 4.79 Å². The fourth-order valence-corrected chi connectivity index (χ4v) is 3.24. The maximum absolute atomic E-state index is 12.2. The average molecular weight is 333 g/mol. The smallest absolute Gasteiger partial charge is 0.315 e. The standard InChI is InChI=1S/C18H27N3O3/c1-13(19-18(22)20-15-5-3-8-21(2)12-15)14-6-7-16-17(11-14)24-10-4-9-23-16/h6-7,11,13,15H,3-5,8-10,12H2,1-2H3,(H2,19,20,22)/t13-,15+/m0/s1. The third-order valence-electron chi connectivity index (χ3n) is 4.58. The second-order valence-electron chi connectivity index (χ2n) is 6.70. The summed E-state index contributed by atoms with van der Waals surface area (Å²) in [5, 5.41) is 6.09. The molecular weight excluding hydrogens is 306 g/mol. The highest BCUT2D eigenvalue weighted by Gasteiger charge is 2.20. The number of carbonyl (C=O) groups excluding carboxylic acids is 1. The van der Waals surface area contributed by atoms with Gasteiger partial charge < -0.3 is 25.0 Å². The lowest BCUT2D eigenvalue weighted by Gasteiger charge is -2.30. The minimum absolute atomic E-state index is 0.0940. The third kappa shape index (κ3) is 4.32. The van der Waals surface area contributed by atoms with E-state index in [-0.39, 0.29) is 18.1 Å². The topological polar surface area (TPSA) is 62.8 Å². The van der Waals surface area contributed by atoms with Crippen molar-refractivity contribution in [1.29, 1.82) is 0 Å². The lowest BCUT2D eigenvalue weighted by molar-refractivity contribution is 0.207. The van der Waals surface area contributed by atoms with E-state index >= 15 is 0 Å². The van der Waals surface area contributed by atoms with Gasteiger partial charge in [0.1, 0.15) is 0 Å². The number of likely N-dealkylation sites (tertiary alicyclic amines) is 1. The molecule has 3 rings (SSSR count). The molecule has 0 aliphatic carbocycles. The molecule has 6 nitrogen and oxygen atoms in total. The maximum Gasteiger partial charge on any atom is 0.315 e. The number of nitrogens with one attached hydrogen (secondary N) is 2. The second kappa shape index (κ2) is 7.75. The summed E-state index contributed by atoms with van der Waals surface area (Å²) in [5.41, 5.74) is 1.01. The van der Waals surface area contributed by atoms with Crippen LogP contribution in [0.25, 0.3) is 0 Å². The third-order valence-corrected chi connectivity index (χ3v) is 4.58. The molecular formula is C18H27N3O3. The molecule has 0 bridgehead atoms. The summed E-state index contributed by atoms with van der Waals surface area (Å²) in [5.74, 6) is 1.53. The summed E-state index contributed by atoms with van der Waals surface area (Å²) in [6, 6.07) is 5.87. The summed E-state index contributed by atoms with van der Waals surface area (Å²) >= 11 is 0. The molecule has 2 aliphatic rings. The first kappa shape index (κ1) is 16.9. The minimum Gasteiger partial charge on any atom is -0.490 e. The fraction of sp³-hybridized carbons (Fsp3) is 0.611. The van der Waals surface area contributed by atoms with Crippen LogP contribution < -0.4 is 20.1 Å². The summed E-state index contributed by atoms with van der Waals surface area (Å²) in [6.45, 7) is 5.33. The summed E-state index contributed by atoms with van der Waals surface area (Å²) in [7, 11) is 2.09. The molecule has 0 radical (unpaired) electrons. The van der Waals surface area contributed by atoms with Crippen molar-refractivity contribution in [3.63, 3.8) is 0 Å². The molecule has 2 amide bonds. The second-order valence-corrected chi connectivity index (χ2v) is 6.70. The number of ether oxygens (including phenoxy) is 2. The minimum atomic E-state index is -0.116. The number of likely N-dealkylation sites (N-methyl/N-ethyl adjacent to an activating group) is 1. The molecule has 2 aliphatic heterocycles. The molecule has 0 unspecified atom stereocenters. The van der Waals surface area contributed by atoms with Gasteiger partial charge in [-0.3, -0.25) is 0 Å². The summed E-state index contributed by atoms with van der Waals surface area (Å²) < 4.78 is 11.4. The van der Waals surface area contributed by atoms with Crippen molar-refractivity contribution in [2.24, 2.45) is 0 Å². The van der Waals surface area contributed by atoms with E-state index in [1.165, 1.54) is 0 Å². The van der Waals surface area contributed by atoms with E-state index in [4.69, 9.17) is 9.47 Å². The molecule has 6 heteroatoms. The van der Waals surface area contributed by atoms with Gasteiger partial charge in [-0.25, -0.2) is 4.79 Å². The Labute approximate surface area is 143 Å². The Kier molecular flexibility index (Phi) is 5.45. The normalized spacial score (nSPS) is 22.3. The molecule has 1 aromatic rings. The van der Waals surface area contributed by atoms with Gasteiger partial charge in [0.25, 0.3) is 0 Å². The zero-order valence-electron chi connectivity index (χ0n) is 14.5. The van der Waals surface area contributed by atoms with Crippen molar-refractivity contribution in [1.82, 2.24) is 15.5 Å². The molecule has 2 heterocycles. The van der Waals surface area contributed by atoms with Crippen molar-refractivity contribution >= 4 is 6.03 Å². The highest BCUT2D eigenvalue weighted by atomic mass is 16.5. The van der Waals surface area contributed by atoms with Crippen molar-refractivity contribution in [3.05, 3.63) is 23.8 Å². The van der Waals surface area contributed by atoms with E-state index in [9.17, 15) is 4.79 Å². The molecule has 24 heavy (non-hydrogen) atoms. The van der Waals surface area contributed by atoms with E-state index in [0.29, 0.717) is 13.2 Å². The number of hydrogen-bond acceptors (Lipinski definition) is 4. The lowest BCUT2D eigenvalue weighted by atomic mass is 10.1. The molecule has 1 aromatic carbocycles. The van der Waals surface area contributed by atoms with Crippen LogP contribution in [0.1, 0.15) is 37.8 Å². The monoisotopic (exact) mass is 333 g/mol. The molecule has 2 N–H and O–H groups in total. The van der Waals surface area contributed by atoms with Crippen LogP contribution in [0, 0.1) is 0 Å². The van der Waals surface area contributed by atoms with Crippen LogP contribution in [0.5, 0.6) is 11.5 Å². The Morgan fingerprint density at radius 3 is 2.83 bits per heavy atom. The van der Waals surface area contributed by atoms with Crippen LogP contribution in [-0.2, 0) is 0 Å². The predicted molar refractivity (Wildman–Crippen MR) is 92.7 cm³/mol. The number of urea groups is 1. The van der Waals surface area contributed by atoms with Gasteiger partial charge in [0.15, 0.2) is 11.5 Å². The zero-order chi connectivity index (χ0) is 16.9. The number of amides is 2. The number of nitrogens with zero attached hydrogens (tertiary/aromatic N) is 1. The van der Waals surface area contributed by atoms with Crippen LogP contribution in [-0.4, -0.2) is 50.3 Å². The molecule has 0 saturated carbocycles. The Bertz CT molecular complexity index is 579. The molecule has 132 valence electrons. The van der Waals surface area contributed by atoms with E-state index in [1.54, 1.807) is 0 Å². The number of rotatable bonds is 3. The number of benzene rings is 1. The molecule has 0 spiro atoms. The van der Waals surface area contributed by atoms with Crippen molar-refractivity contribution < 1.29 is 14.3 Å². The van der Waals surface area contributed by atoms with Gasteiger partial charge in [0.2, 0.25) is 0 Å².